The van der Waals surface area contributed by atoms with Gasteiger partial charge in [-0.3, -0.25) is 4.79 Å². The molecule has 0 bridgehead atoms. The molecule has 166 valence electrons. The van der Waals surface area contributed by atoms with Crippen molar-refractivity contribution in [3.63, 3.8) is 0 Å². The molecule has 2 aromatic heterocycles. The van der Waals surface area contributed by atoms with Crippen LogP contribution in [0.25, 0.3) is 0 Å². The first kappa shape index (κ1) is 20.8. The molecule has 0 radical (unpaired) electrons. The number of para-hydroxylation sites is 1. The summed E-state index contributed by atoms with van der Waals surface area (Å²) in [5, 5.41) is 4.23. The van der Waals surface area contributed by atoms with Crippen LogP contribution in [-0.4, -0.2) is 24.0 Å². The van der Waals surface area contributed by atoms with Gasteiger partial charge in [-0.2, -0.15) is 0 Å². The lowest BCUT2D eigenvalue weighted by atomic mass is 10.1. The summed E-state index contributed by atoms with van der Waals surface area (Å²) in [6, 6.07) is 14.0. The largest absolute Gasteiger partial charge is 0.493 e. The highest BCUT2D eigenvalue weighted by Gasteiger charge is 2.26. The number of carbonyl (C=O) groups excluding carboxylic acids is 1. The predicted molar refractivity (Wildman–Crippen MR) is 126 cm³/mol. The molecule has 0 unspecified atom stereocenters. The van der Waals surface area contributed by atoms with Crippen LogP contribution in [0.2, 0.25) is 0 Å². The van der Waals surface area contributed by atoms with E-state index in [2.05, 4.69) is 15.2 Å². The van der Waals surface area contributed by atoms with Crippen molar-refractivity contribution in [2.75, 3.05) is 12.0 Å². The van der Waals surface area contributed by atoms with E-state index in [1.165, 1.54) is 37.0 Å². The van der Waals surface area contributed by atoms with Gasteiger partial charge in [0.15, 0.2) is 11.5 Å². The quantitative estimate of drug-likeness (QED) is 0.491. The molecule has 1 N–H and O–H groups in total. The molecule has 3 heterocycles. The number of nitrogens with zero attached hydrogens (tertiary/aromatic N) is 2. The van der Waals surface area contributed by atoms with E-state index in [1.807, 2.05) is 42.5 Å². The van der Waals surface area contributed by atoms with E-state index < -0.39 is 0 Å². The van der Waals surface area contributed by atoms with E-state index in [4.69, 9.17) is 9.47 Å². The molecule has 1 aliphatic heterocycles. The second-order valence-corrected chi connectivity index (χ2v) is 9.33. The molecule has 5 rings (SSSR count). The lowest BCUT2D eigenvalue weighted by Crippen LogP contribution is -2.33. The molecule has 6 nitrogen and oxygen atoms in total. The van der Waals surface area contributed by atoms with Gasteiger partial charge in [0.05, 0.1) is 23.5 Å². The van der Waals surface area contributed by atoms with Crippen LogP contribution in [0, 0.1) is 0 Å². The molecule has 1 aliphatic carbocycles. The average molecular weight is 450 g/mol. The molecular formula is C25H27N3O3S. The summed E-state index contributed by atoms with van der Waals surface area (Å²) in [6.45, 7) is 0.593. The van der Waals surface area contributed by atoms with Crippen molar-refractivity contribution in [3.05, 3.63) is 59.1 Å². The standard InChI is InChI=1S/C25H27N3O3S/c1-30-20-12-6-8-17-16-28(19-11-7-15-26-25(19)31-23(17)20)22-14-13-21(32-22)24(29)27-18-9-4-2-3-5-10-18/h6-8,11-15,18H,2-5,9-10,16H2,1H3,(H,27,29). The van der Waals surface area contributed by atoms with Crippen LogP contribution in [0.15, 0.2) is 48.7 Å². The van der Waals surface area contributed by atoms with Gasteiger partial charge in [-0.15, -0.1) is 11.3 Å². The Bertz CT molecular complexity index is 1110. The number of carbonyl (C=O) groups is 1. The van der Waals surface area contributed by atoms with E-state index in [-0.39, 0.29) is 11.9 Å². The fourth-order valence-electron chi connectivity index (χ4n) is 4.45. The molecule has 7 heteroatoms. The van der Waals surface area contributed by atoms with Gasteiger partial charge < -0.3 is 19.7 Å². The van der Waals surface area contributed by atoms with Crippen LogP contribution >= 0.6 is 11.3 Å². The number of hydrogen-bond donors (Lipinski definition) is 1. The minimum Gasteiger partial charge on any atom is -0.493 e. The van der Waals surface area contributed by atoms with Gasteiger partial charge in [0.25, 0.3) is 5.91 Å². The number of methoxy groups -OCH3 is 1. The van der Waals surface area contributed by atoms with Gasteiger partial charge in [-0.05, 0) is 43.2 Å². The Morgan fingerprint density at radius 3 is 2.78 bits per heavy atom. The fourth-order valence-corrected chi connectivity index (χ4v) is 5.37. The number of fused-ring (bicyclic) bond motifs is 2. The van der Waals surface area contributed by atoms with E-state index in [1.54, 1.807) is 13.3 Å². The van der Waals surface area contributed by atoms with Crippen molar-refractivity contribution in [1.82, 2.24) is 10.3 Å². The number of nitrogens with one attached hydrogen (secondary N) is 1. The number of aromatic nitrogens is 1. The topological polar surface area (TPSA) is 63.7 Å². The second-order valence-electron chi connectivity index (χ2n) is 8.26. The van der Waals surface area contributed by atoms with Gasteiger partial charge in [0.2, 0.25) is 5.88 Å². The van der Waals surface area contributed by atoms with Crippen molar-refractivity contribution >= 4 is 27.9 Å². The monoisotopic (exact) mass is 449 g/mol. The molecule has 2 aliphatic rings. The van der Waals surface area contributed by atoms with Crippen molar-refractivity contribution in [2.24, 2.45) is 0 Å². The first-order valence-electron chi connectivity index (χ1n) is 11.2. The third-order valence-corrected chi connectivity index (χ3v) is 7.23. The maximum atomic E-state index is 12.9. The summed E-state index contributed by atoms with van der Waals surface area (Å²) in [4.78, 5) is 20.3. The Kier molecular flexibility index (Phi) is 5.99. The summed E-state index contributed by atoms with van der Waals surface area (Å²) >= 11 is 1.50. The van der Waals surface area contributed by atoms with Crippen LogP contribution in [0.5, 0.6) is 17.4 Å². The predicted octanol–water partition coefficient (Wildman–Crippen LogP) is 6.05. The van der Waals surface area contributed by atoms with Crippen LogP contribution in [0.1, 0.15) is 53.8 Å². The Hall–Kier alpha value is -3.06. The van der Waals surface area contributed by atoms with Gasteiger partial charge in [0, 0.05) is 17.8 Å². The Morgan fingerprint density at radius 1 is 1.12 bits per heavy atom. The number of anilines is 2. The summed E-state index contributed by atoms with van der Waals surface area (Å²) in [6.07, 6.45) is 8.80. The number of ether oxygens (including phenoxy) is 2. The lowest BCUT2D eigenvalue weighted by Gasteiger charge is -2.21. The molecular weight excluding hydrogens is 422 g/mol. The van der Waals surface area contributed by atoms with Crippen LogP contribution in [-0.2, 0) is 6.54 Å². The Labute approximate surface area is 192 Å². The third kappa shape index (κ3) is 4.17. The molecule has 1 saturated carbocycles. The number of amides is 1. The molecule has 1 aromatic carbocycles. The number of rotatable bonds is 4. The molecule has 3 aromatic rings. The lowest BCUT2D eigenvalue weighted by molar-refractivity contribution is 0.0937. The third-order valence-electron chi connectivity index (χ3n) is 6.12. The van der Waals surface area contributed by atoms with Crippen molar-refractivity contribution in [3.8, 4) is 17.4 Å². The summed E-state index contributed by atoms with van der Waals surface area (Å²) in [5.41, 5.74) is 1.86. The van der Waals surface area contributed by atoms with Crippen molar-refractivity contribution in [2.45, 2.75) is 51.1 Å². The van der Waals surface area contributed by atoms with E-state index in [0.717, 1.165) is 34.0 Å². The van der Waals surface area contributed by atoms with Gasteiger partial charge in [-0.1, -0.05) is 37.8 Å². The molecule has 32 heavy (non-hydrogen) atoms. The summed E-state index contributed by atoms with van der Waals surface area (Å²) in [5.74, 6) is 1.90. The van der Waals surface area contributed by atoms with Crippen molar-refractivity contribution < 1.29 is 14.3 Å². The second kappa shape index (κ2) is 9.20. The smallest absolute Gasteiger partial charge is 0.261 e. The first-order chi connectivity index (χ1) is 15.7. The molecule has 1 amide bonds. The highest BCUT2D eigenvalue weighted by Crippen LogP contribution is 2.46. The fraction of sp³-hybridized carbons (Fsp3) is 0.360. The SMILES string of the molecule is COc1cccc2c1Oc1ncccc1N(c1ccc(C(=O)NC3CCCCCC3)s1)C2. The Balaban J connectivity index is 1.44. The number of hydrogen-bond acceptors (Lipinski definition) is 6. The highest BCUT2D eigenvalue weighted by molar-refractivity contribution is 7.18. The highest BCUT2D eigenvalue weighted by atomic mass is 32.1. The van der Waals surface area contributed by atoms with Gasteiger partial charge in [0.1, 0.15) is 5.69 Å². The zero-order valence-electron chi connectivity index (χ0n) is 18.2. The number of thiophene rings is 1. The van der Waals surface area contributed by atoms with Crippen LogP contribution in [0.3, 0.4) is 0 Å². The van der Waals surface area contributed by atoms with E-state index >= 15 is 0 Å². The Morgan fingerprint density at radius 2 is 1.97 bits per heavy atom. The molecule has 0 saturated heterocycles. The normalized spacial score (nSPS) is 16.2. The van der Waals surface area contributed by atoms with Gasteiger partial charge in [-0.25, -0.2) is 4.98 Å². The van der Waals surface area contributed by atoms with Crippen molar-refractivity contribution in [1.29, 1.82) is 0 Å². The maximum absolute atomic E-state index is 12.9. The molecule has 1 fully saturated rings. The first-order valence-corrected chi connectivity index (χ1v) is 12.0. The zero-order valence-corrected chi connectivity index (χ0v) is 19.0. The summed E-state index contributed by atoms with van der Waals surface area (Å²) in [7, 11) is 1.64. The van der Waals surface area contributed by atoms with Crippen LogP contribution < -0.4 is 19.7 Å². The minimum atomic E-state index is 0.0210. The average Bonchev–Trinajstić information content (AvgIpc) is 3.07. The van der Waals surface area contributed by atoms with Crippen LogP contribution in [0.4, 0.5) is 10.7 Å². The number of pyridine rings is 1. The zero-order chi connectivity index (χ0) is 21.9. The van der Waals surface area contributed by atoms with E-state index in [9.17, 15) is 4.79 Å². The number of benzene rings is 1. The molecule has 0 spiro atoms. The summed E-state index contributed by atoms with van der Waals surface area (Å²) < 4.78 is 11.7. The minimum absolute atomic E-state index is 0.0210. The molecule has 0 atom stereocenters. The van der Waals surface area contributed by atoms with E-state index in [0.29, 0.717) is 23.9 Å². The van der Waals surface area contributed by atoms with Gasteiger partial charge >= 0.3 is 0 Å². The maximum Gasteiger partial charge on any atom is 0.261 e.